The maximum absolute atomic E-state index is 13.2. The van der Waals surface area contributed by atoms with Crippen LogP contribution in [0.1, 0.15) is 0 Å². The summed E-state index contributed by atoms with van der Waals surface area (Å²) in [5.74, 6) is 0.519. The Labute approximate surface area is 93.4 Å². The molecule has 0 fully saturated rings. The molecule has 1 heterocycles. The zero-order valence-corrected chi connectivity index (χ0v) is 9.44. The van der Waals surface area contributed by atoms with E-state index in [4.69, 9.17) is 5.73 Å². The second-order valence-corrected chi connectivity index (χ2v) is 3.82. The molecular formula is C11H15FN4. The minimum Gasteiger partial charge on any atom is -0.356 e. The third kappa shape index (κ3) is 1.74. The number of nitrogens with zero attached hydrogens (tertiary/aromatic N) is 3. The minimum atomic E-state index is -0.247. The van der Waals surface area contributed by atoms with Crippen LogP contribution in [-0.2, 0) is 7.05 Å². The zero-order chi connectivity index (χ0) is 11.7. The molecule has 86 valence electrons. The van der Waals surface area contributed by atoms with Gasteiger partial charge in [0.2, 0.25) is 0 Å². The summed E-state index contributed by atoms with van der Waals surface area (Å²) in [6, 6.07) is 4.68. The van der Waals surface area contributed by atoms with Gasteiger partial charge in [0.25, 0.3) is 0 Å². The molecule has 1 aromatic heterocycles. The number of halogens is 1. The lowest BCUT2D eigenvalue weighted by atomic mass is 10.2. The monoisotopic (exact) mass is 222 g/mol. The van der Waals surface area contributed by atoms with Crippen LogP contribution >= 0.6 is 0 Å². The predicted molar refractivity (Wildman–Crippen MR) is 63.0 cm³/mol. The second-order valence-electron chi connectivity index (χ2n) is 3.82. The van der Waals surface area contributed by atoms with E-state index in [1.165, 1.54) is 12.1 Å². The van der Waals surface area contributed by atoms with E-state index in [0.29, 0.717) is 13.1 Å². The van der Waals surface area contributed by atoms with Gasteiger partial charge in [-0.1, -0.05) is 0 Å². The third-order valence-corrected chi connectivity index (χ3v) is 2.62. The van der Waals surface area contributed by atoms with Gasteiger partial charge in [-0.3, -0.25) is 4.68 Å². The fourth-order valence-electron chi connectivity index (χ4n) is 1.80. The standard InChI is InChI=1S/C11H15FN4/c1-15(6-5-13)11-9-7-8(12)3-4-10(9)16(2)14-11/h3-4,7H,5-6,13H2,1-2H3. The van der Waals surface area contributed by atoms with Crippen LogP contribution < -0.4 is 10.6 Å². The molecule has 0 aliphatic heterocycles. The number of hydrogen-bond acceptors (Lipinski definition) is 3. The van der Waals surface area contributed by atoms with Crippen molar-refractivity contribution in [1.82, 2.24) is 9.78 Å². The summed E-state index contributed by atoms with van der Waals surface area (Å²) in [6.45, 7) is 1.24. The third-order valence-electron chi connectivity index (χ3n) is 2.62. The Hall–Kier alpha value is -1.62. The molecule has 0 aliphatic rings. The van der Waals surface area contributed by atoms with Crippen LogP contribution in [0.2, 0.25) is 0 Å². The molecule has 2 aromatic rings. The number of likely N-dealkylation sites (N-methyl/N-ethyl adjacent to an activating group) is 1. The molecule has 16 heavy (non-hydrogen) atoms. The Bertz CT molecular complexity index is 506. The van der Waals surface area contributed by atoms with Crippen molar-refractivity contribution in [3.8, 4) is 0 Å². The number of anilines is 1. The van der Waals surface area contributed by atoms with Gasteiger partial charge in [0.05, 0.1) is 5.52 Å². The van der Waals surface area contributed by atoms with Crippen molar-refractivity contribution >= 4 is 16.7 Å². The molecule has 0 bridgehead atoms. The molecule has 0 amide bonds. The van der Waals surface area contributed by atoms with Crippen LogP contribution in [0.25, 0.3) is 10.9 Å². The van der Waals surface area contributed by atoms with Crippen LogP contribution in [0.15, 0.2) is 18.2 Å². The highest BCUT2D eigenvalue weighted by atomic mass is 19.1. The van der Waals surface area contributed by atoms with Gasteiger partial charge in [-0.05, 0) is 18.2 Å². The number of aromatic nitrogens is 2. The second kappa shape index (κ2) is 4.09. The summed E-state index contributed by atoms with van der Waals surface area (Å²) in [7, 11) is 3.75. The predicted octanol–water partition coefficient (Wildman–Crippen LogP) is 1.11. The number of rotatable bonds is 3. The summed E-state index contributed by atoms with van der Waals surface area (Å²) >= 11 is 0. The highest BCUT2D eigenvalue weighted by Gasteiger charge is 2.12. The van der Waals surface area contributed by atoms with Crippen molar-refractivity contribution < 1.29 is 4.39 Å². The molecule has 1 aromatic carbocycles. The number of nitrogens with two attached hydrogens (primary N) is 1. The molecule has 0 atom stereocenters. The molecule has 2 rings (SSSR count). The Morgan fingerprint density at radius 3 is 2.94 bits per heavy atom. The van der Waals surface area contributed by atoms with E-state index in [1.54, 1.807) is 10.7 Å². The van der Waals surface area contributed by atoms with E-state index in [-0.39, 0.29) is 5.82 Å². The van der Waals surface area contributed by atoms with Gasteiger partial charge in [-0.25, -0.2) is 4.39 Å². The van der Waals surface area contributed by atoms with Crippen LogP contribution in [0.3, 0.4) is 0 Å². The quantitative estimate of drug-likeness (QED) is 0.846. The topological polar surface area (TPSA) is 47.1 Å². The van der Waals surface area contributed by atoms with Crippen molar-refractivity contribution in [2.75, 3.05) is 25.0 Å². The van der Waals surface area contributed by atoms with Gasteiger partial charge in [0.1, 0.15) is 5.82 Å². The van der Waals surface area contributed by atoms with Gasteiger partial charge in [0.15, 0.2) is 5.82 Å². The molecule has 0 saturated carbocycles. The molecule has 0 radical (unpaired) electrons. The minimum absolute atomic E-state index is 0.247. The Kier molecular flexibility index (Phi) is 2.78. The van der Waals surface area contributed by atoms with Gasteiger partial charge in [-0.2, -0.15) is 5.10 Å². The highest BCUT2D eigenvalue weighted by molar-refractivity contribution is 5.90. The van der Waals surface area contributed by atoms with Crippen molar-refractivity contribution in [3.05, 3.63) is 24.0 Å². The normalized spacial score (nSPS) is 11.0. The van der Waals surface area contributed by atoms with Gasteiger partial charge < -0.3 is 10.6 Å². The summed E-state index contributed by atoms with van der Waals surface area (Å²) in [5, 5.41) is 5.19. The summed E-state index contributed by atoms with van der Waals surface area (Å²) in [6.07, 6.45) is 0. The smallest absolute Gasteiger partial charge is 0.158 e. The maximum atomic E-state index is 13.2. The van der Waals surface area contributed by atoms with E-state index in [0.717, 1.165) is 16.7 Å². The van der Waals surface area contributed by atoms with Crippen molar-refractivity contribution in [1.29, 1.82) is 0 Å². The Morgan fingerprint density at radius 1 is 1.50 bits per heavy atom. The maximum Gasteiger partial charge on any atom is 0.158 e. The summed E-state index contributed by atoms with van der Waals surface area (Å²) in [5.41, 5.74) is 6.41. The van der Waals surface area contributed by atoms with Gasteiger partial charge >= 0.3 is 0 Å². The van der Waals surface area contributed by atoms with Crippen molar-refractivity contribution in [3.63, 3.8) is 0 Å². The van der Waals surface area contributed by atoms with Crippen LogP contribution in [0, 0.1) is 5.82 Å². The van der Waals surface area contributed by atoms with Gasteiger partial charge in [-0.15, -0.1) is 0 Å². The number of aryl methyl sites for hydroxylation is 1. The SMILES string of the molecule is CN(CCN)c1nn(C)c2ccc(F)cc12. The van der Waals surface area contributed by atoms with Crippen molar-refractivity contribution in [2.24, 2.45) is 12.8 Å². The van der Waals surface area contributed by atoms with Gasteiger partial charge in [0, 0.05) is 32.6 Å². The highest BCUT2D eigenvalue weighted by Crippen LogP contribution is 2.25. The zero-order valence-electron chi connectivity index (χ0n) is 9.44. The Balaban J connectivity index is 2.56. The van der Waals surface area contributed by atoms with E-state index in [1.807, 2.05) is 19.0 Å². The number of hydrogen-bond donors (Lipinski definition) is 1. The Morgan fingerprint density at radius 2 is 2.25 bits per heavy atom. The molecule has 4 nitrogen and oxygen atoms in total. The van der Waals surface area contributed by atoms with E-state index < -0.39 is 0 Å². The van der Waals surface area contributed by atoms with Crippen LogP contribution in [0.4, 0.5) is 10.2 Å². The number of fused-ring (bicyclic) bond motifs is 1. The molecule has 0 saturated heterocycles. The first-order valence-corrected chi connectivity index (χ1v) is 5.17. The summed E-state index contributed by atoms with van der Waals surface area (Å²) in [4.78, 5) is 1.93. The average molecular weight is 222 g/mol. The molecule has 0 aliphatic carbocycles. The fourth-order valence-corrected chi connectivity index (χ4v) is 1.80. The lowest BCUT2D eigenvalue weighted by Gasteiger charge is -2.14. The van der Waals surface area contributed by atoms with E-state index in [9.17, 15) is 4.39 Å². The average Bonchev–Trinajstić information content (AvgIpc) is 2.56. The molecule has 0 spiro atoms. The number of benzene rings is 1. The molecule has 5 heteroatoms. The van der Waals surface area contributed by atoms with Crippen LogP contribution in [-0.4, -0.2) is 29.9 Å². The van der Waals surface area contributed by atoms with E-state index in [2.05, 4.69) is 5.10 Å². The van der Waals surface area contributed by atoms with Crippen molar-refractivity contribution in [2.45, 2.75) is 0 Å². The lowest BCUT2D eigenvalue weighted by molar-refractivity contribution is 0.629. The lowest BCUT2D eigenvalue weighted by Crippen LogP contribution is -2.25. The molecule has 0 unspecified atom stereocenters. The first-order chi connectivity index (χ1) is 7.63. The first-order valence-electron chi connectivity index (χ1n) is 5.17. The summed E-state index contributed by atoms with van der Waals surface area (Å²) < 4.78 is 14.9. The first kappa shape index (κ1) is 10.9. The van der Waals surface area contributed by atoms with E-state index >= 15 is 0 Å². The van der Waals surface area contributed by atoms with Crippen LogP contribution in [0.5, 0.6) is 0 Å². The largest absolute Gasteiger partial charge is 0.356 e. The fraction of sp³-hybridized carbons (Fsp3) is 0.364. The molecule has 2 N–H and O–H groups in total. The molecular weight excluding hydrogens is 207 g/mol.